The van der Waals surface area contributed by atoms with Gasteiger partial charge in [-0.25, -0.2) is 0 Å². The van der Waals surface area contributed by atoms with Gasteiger partial charge in [0.15, 0.2) is 0 Å². The summed E-state index contributed by atoms with van der Waals surface area (Å²) in [5.74, 6) is 0. The number of hydrogen-bond acceptors (Lipinski definition) is 1. The van der Waals surface area contributed by atoms with Crippen LogP contribution in [0.25, 0.3) is 0 Å². The molecule has 40 valence electrons. The number of alkyl halides is 1. The molecule has 3 N–H and O–H groups in total. The molecule has 0 heterocycles. The van der Waals surface area contributed by atoms with Crippen molar-refractivity contribution in [2.75, 3.05) is 0 Å². The summed E-state index contributed by atoms with van der Waals surface area (Å²) >= 11 is 5.52. The molecule has 1 nitrogen and oxygen atoms in total. The lowest BCUT2D eigenvalue weighted by molar-refractivity contribution is 1.04. The van der Waals surface area contributed by atoms with E-state index in [0.717, 1.165) is 16.7 Å². The SMILES string of the molecule is CCC([SiH3])Cl.N. The van der Waals surface area contributed by atoms with E-state index in [9.17, 15) is 0 Å². The van der Waals surface area contributed by atoms with Crippen LogP contribution < -0.4 is 6.15 Å². The Balaban J connectivity index is 0. The molecule has 0 aliphatic carbocycles. The Morgan fingerprint density at radius 2 is 2.00 bits per heavy atom. The van der Waals surface area contributed by atoms with E-state index in [1.165, 1.54) is 0 Å². The molecule has 3 heteroatoms. The highest BCUT2D eigenvalue weighted by molar-refractivity contribution is 6.40. The second-order valence-corrected chi connectivity index (χ2v) is 4.06. The Hall–Kier alpha value is 0.467. The number of halogens is 1. The van der Waals surface area contributed by atoms with Crippen LogP contribution in [0.4, 0.5) is 0 Å². The first kappa shape index (κ1) is 9.69. The molecule has 0 bridgehead atoms. The fraction of sp³-hybridized carbons (Fsp3) is 1.00. The van der Waals surface area contributed by atoms with Gasteiger partial charge in [-0.05, 0) is 6.42 Å². The second kappa shape index (κ2) is 5.47. The third-order valence-corrected chi connectivity index (χ3v) is 1.69. The zero-order chi connectivity index (χ0) is 4.28. The lowest BCUT2D eigenvalue weighted by Gasteiger charge is -1.87. The highest BCUT2D eigenvalue weighted by Crippen LogP contribution is 1.90. The molecular weight excluding hydrogens is 114 g/mol. The van der Waals surface area contributed by atoms with Gasteiger partial charge in [0.1, 0.15) is 0 Å². The molecule has 0 aromatic rings. The summed E-state index contributed by atoms with van der Waals surface area (Å²) in [7, 11) is 1.14. The lowest BCUT2D eigenvalue weighted by Crippen LogP contribution is -1.90. The van der Waals surface area contributed by atoms with Crippen LogP contribution in [-0.2, 0) is 0 Å². The van der Waals surface area contributed by atoms with Crippen molar-refractivity contribution in [1.82, 2.24) is 6.15 Å². The monoisotopic (exact) mass is 125 g/mol. The van der Waals surface area contributed by atoms with Gasteiger partial charge in [0.25, 0.3) is 0 Å². The average Bonchev–Trinajstić information content (AvgIpc) is 1.38. The van der Waals surface area contributed by atoms with Crippen LogP contribution in [0.2, 0.25) is 0 Å². The van der Waals surface area contributed by atoms with Crippen LogP contribution >= 0.6 is 11.6 Å². The first-order chi connectivity index (χ1) is 2.27. The predicted molar refractivity (Wildman–Crippen MR) is 34.9 cm³/mol. The molecule has 0 aromatic carbocycles. The highest BCUT2D eigenvalue weighted by atomic mass is 35.5. The lowest BCUT2D eigenvalue weighted by atomic mass is 10.6. The summed E-state index contributed by atoms with van der Waals surface area (Å²) in [4.78, 5) is 0. The minimum absolute atomic E-state index is 0. The van der Waals surface area contributed by atoms with E-state index in [4.69, 9.17) is 11.6 Å². The van der Waals surface area contributed by atoms with E-state index < -0.39 is 0 Å². The number of rotatable bonds is 1. The predicted octanol–water partition coefficient (Wildman–Crippen LogP) is 0.489. The smallest absolute Gasteiger partial charge is 0.0254 e. The van der Waals surface area contributed by atoms with Crippen molar-refractivity contribution in [2.45, 2.75) is 18.3 Å². The maximum atomic E-state index is 5.52. The Morgan fingerprint density at radius 3 is 2.00 bits per heavy atom. The zero-order valence-corrected chi connectivity index (χ0v) is 7.13. The standard InChI is InChI=1S/C3H9ClSi.H3N/c1-2-3(4)5;/h3H,2H2,1,5H3;1H3. The van der Waals surface area contributed by atoms with Crippen molar-refractivity contribution >= 4 is 21.8 Å². The maximum Gasteiger partial charge on any atom is 0.0254 e. The van der Waals surface area contributed by atoms with Gasteiger partial charge in [0, 0.05) is 15.2 Å². The molecule has 0 aliphatic heterocycles. The van der Waals surface area contributed by atoms with Gasteiger partial charge in [-0.15, -0.1) is 11.6 Å². The van der Waals surface area contributed by atoms with Crippen molar-refractivity contribution < 1.29 is 0 Å². The topological polar surface area (TPSA) is 35.0 Å². The molecule has 0 rings (SSSR count). The van der Waals surface area contributed by atoms with Crippen LogP contribution in [0.1, 0.15) is 13.3 Å². The summed E-state index contributed by atoms with van der Waals surface area (Å²) < 4.78 is 0. The van der Waals surface area contributed by atoms with Gasteiger partial charge in [0.2, 0.25) is 0 Å². The summed E-state index contributed by atoms with van der Waals surface area (Å²) in [6.07, 6.45) is 1.13. The minimum Gasteiger partial charge on any atom is -0.344 e. The quantitative estimate of drug-likeness (QED) is 0.402. The van der Waals surface area contributed by atoms with Crippen LogP contribution in [0.3, 0.4) is 0 Å². The third-order valence-electron chi connectivity index (χ3n) is 0.563. The normalized spacial score (nSPS) is 13.0. The van der Waals surface area contributed by atoms with Crippen LogP contribution in [0, 0.1) is 0 Å². The van der Waals surface area contributed by atoms with Crippen molar-refractivity contribution in [3.05, 3.63) is 0 Å². The van der Waals surface area contributed by atoms with Crippen molar-refractivity contribution in [1.29, 1.82) is 0 Å². The van der Waals surface area contributed by atoms with Gasteiger partial charge in [-0.1, -0.05) is 6.92 Å². The van der Waals surface area contributed by atoms with Crippen LogP contribution in [-0.4, -0.2) is 15.2 Å². The zero-order valence-electron chi connectivity index (χ0n) is 4.37. The Kier molecular flexibility index (Phi) is 8.83. The summed E-state index contributed by atoms with van der Waals surface area (Å²) in [6.45, 7) is 2.10. The third kappa shape index (κ3) is 8.82. The molecule has 0 fully saturated rings. The van der Waals surface area contributed by atoms with Crippen molar-refractivity contribution in [3.63, 3.8) is 0 Å². The maximum absolute atomic E-state index is 5.52. The first-order valence-electron chi connectivity index (χ1n) is 1.91. The van der Waals surface area contributed by atoms with Crippen molar-refractivity contribution in [3.8, 4) is 0 Å². The van der Waals surface area contributed by atoms with E-state index in [1.807, 2.05) is 0 Å². The van der Waals surface area contributed by atoms with E-state index in [2.05, 4.69) is 6.92 Å². The van der Waals surface area contributed by atoms with Crippen molar-refractivity contribution in [2.24, 2.45) is 0 Å². The molecule has 0 saturated carbocycles. The van der Waals surface area contributed by atoms with Gasteiger partial charge in [0.05, 0.1) is 0 Å². The van der Waals surface area contributed by atoms with Gasteiger partial charge in [-0.2, -0.15) is 0 Å². The molecule has 0 aromatic heterocycles. The largest absolute Gasteiger partial charge is 0.344 e. The Morgan fingerprint density at radius 1 is 1.83 bits per heavy atom. The first-order valence-corrected chi connectivity index (χ1v) is 3.50. The summed E-state index contributed by atoms with van der Waals surface area (Å²) in [5.41, 5.74) is 0. The van der Waals surface area contributed by atoms with Gasteiger partial charge < -0.3 is 6.15 Å². The summed E-state index contributed by atoms with van der Waals surface area (Å²) in [5, 5.41) is 0.495. The Labute approximate surface area is 47.1 Å². The molecule has 0 radical (unpaired) electrons. The molecule has 0 amide bonds. The van der Waals surface area contributed by atoms with Gasteiger partial charge >= 0.3 is 0 Å². The molecule has 0 saturated heterocycles. The minimum atomic E-state index is 0. The van der Waals surface area contributed by atoms with Crippen LogP contribution in [0.15, 0.2) is 0 Å². The van der Waals surface area contributed by atoms with E-state index in [-0.39, 0.29) is 6.15 Å². The highest BCUT2D eigenvalue weighted by Gasteiger charge is 1.83. The summed E-state index contributed by atoms with van der Waals surface area (Å²) in [6, 6.07) is 0. The van der Waals surface area contributed by atoms with E-state index >= 15 is 0 Å². The average molecular weight is 126 g/mol. The molecule has 1 atom stereocenters. The molecule has 6 heavy (non-hydrogen) atoms. The second-order valence-electron chi connectivity index (χ2n) is 1.19. The van der Waals surface area contributed by atoms with Gasteiger partial charge in [-0.3, -0.25) is 0 Å². The Bertz CT molecular complexity index is 24.8. The fourth-order valence-corrected chi connectivity index (χ4v) is 0. The molecular formula is C3H12ClNSi. The molecule has 1 unspecified atom stereocenters. The molecule has 0 spiro atoms. The van der Waals surface area contributed by atoms with Crippen LogP contribution in [0.5, 0.6) is 0 Å². The van der Waals surface area contributed by atoms with E-state index in [1.54, 1.807) is 0 Å². The molecule has 0 aliphatic rings. The van der Waals surface area contributed by atoms with E-state index in [0.29, 0.717) is 5.00 Å². The fourth-order valence-electron chi connectivity index (χ4n) is 0. The number of hydrogen-bond donors (Lipinski definition) is 1.